The summed E-state index contributed by atoms with van der Waals surface area (Å²) < 4.78 is 4.12. The van der Waals surface area contributed by atoms with Gasteiger partial charge in [0, 0.05) is 36.4 Å². The van der Waals surface area contributed by atoms with Gasteiger partial charge >= 0.3 is 0 Å². The maximum absolute atomic E-state index is 2.12. The summed E-state index contributed by atoms with van der Waals surface area (Å²) in [5.41, 5.74) is 3.72. The zero-order valence-electron chi connectivity index (χ0n) is 15.1. The highest BCUT2D eigenvalue weighted by molar-refractivity contribution is 5.61. The number of para-hydroxylation sites is 1. The fourth-order valence-corrected chi connectivity index (χ4v) is 2.49. The highest BCUT2D eigenvalue weighted by atomic mass is 127. The molecule has 0 amide bonds. The highest BCUT2D eigenvalue weighted by Gasteiger charge is 2.00. The molecule has 2 heterocycles. The molecule has 0 aliphatic carbocycles. The Morgan fingerprint density at radius 3 is 1.48 bits per heavy atom. The van der Waals surface area contributed by atoms with Crippen LogP contribution in [0.5, 0.6) is 0 Å². The van der Waals surface area contributed by atoms with E-state index >= 15 is 0 Å². The van der Waals surface area contributed by atoms with E-state index in [4.69, 9.17) is 0 Å². The van der Waals surface area contributed by atoms with Crippen LogP contribution in [0.15, 0.2) is 116 Å². The molecular formula is C23H22I2N2. The molecule has 0 aliphatic heterocycles. The summed E-state index contributed by atoms with van der Waals surface area (Å²) in [5, 5.41) is 0. The molecule has 2 aromatic carbocycles. The first-order chi connectivity index (χ1) is 12.3. The summed E-state index contributed by atoms with van der Waals surface area (Å²) in [6.45, 7) is 0. The number of nitrogens with zero attached hydrogens (tertiary/aromatic N) is 2. The van der Waals surface area contributed by atoms with Gasteiger partial charge < -0.3 is 48.0 Å². The molecule has 4 aromatic rings. The summed E-state index contributed by atoms with van der Waals surface area (Å²) in [7, 11) is 2.02. The van der Waals surface area contributed by atoms with E-state index in [1.165, 1.54) is 16.8 Å². The molecule has 0 N–H and O–H groups in total. The second-order valence-electron chi connectivity index (χ2n) is 5.74. The predicted molar refractivity (Wildman–Crippen MR) is 101 cm³/mol. The number of pyridine rings is 2. The van der Waals surface area contributed by atoms with Gasteiger partial charge in [0.05, 0.1) is 0 Å². The summed E-state index contributed by atoms with van der Waals surface area (Å²) in [6.07, 6.45) is 8.19. The molecule has 0 fully saturated rings. The monoisotopic (exact) mass is 580 g/mol. The highest BCUT2D eigenvalue weighted by Crippen LogP contribution is 2.16. The first kappa shape index (κ1) is 23.2. The van der Waals surface area contributed by atoms with Gasteiger partial charge in [0.15, 0.2) is 24.8 Å². The lowest BCUT2D eigenvalue weighted by molar-refractivity contribution is -0.671. The van der Waals surface area contributed by atoms with E-state index in [9.17, 15) is 0 Å². The van der Waals surface area contributed by atoms with Gasteiger partial charge in [-0.15, -0.1) is 0 Å². The van der Waals surface area contributed by atoms with Crippen LogP contribution >= 0.6 is 0 Å². The van der Waals surface area contributed by atoms with Gasteiger partial charge in [-0.3, -0.25) is 0 Å². The third-order valence-corrected chi connectivity index (χ3v) is 3.86. The maximum atomic E-state index is 2.12. The molecule has 4 rings (SSSR count). The van der Waals surface area contributed by atoms with Crippen LogP contribution in [0.2, 0.25) is 0 Å². The Bertz CT molecular complexity index is 844. The van der Waals surface area contributed by atoms with Crippen molar-refractivity contribution in [1.29, 1.82) is 0 Å². The maximum Gasteiger partial charge on any atom is 0.210 e. The zero-order valence-corrected chi connectivity index (χ0v) is 19.4. The third kappa shape index (κ3) is 7.38. The van der Waals surface area contributed by atoms with Gasteiger partial charge in [0.25, 0.3) is 0 Å². The minimum atomic E-state index is 0. The Morgan fingerprint density at radius 2 is 0.926 bits per heavy atom. The van der Waals surface area contributed by atoms with E-state index in [0.29, 0.717) is 0 Å². The van der Waals surface area contributed by atoms with Crippen LogP contribution in [0.4, 0.5) is 0 Å². The average molecular weight is 580 g/mol. The molecule has 0 saturated carbocycles. The van der Waals surface area contributed by atoms with Crippen LogP contribution in [0.1, 0.15) is 0 Å². The topological polar surface area (TPSA) is 7.76 Å². The Hall–Kier alpha value is -1.80. The molecular weight excluding hydrogens is 558 g/mol. The molecule has 0 bridgehead atoms. The van der Waals surface area contributed by atoms with Crippen molar-refractivity contribution in [1.82, 2.24) is 0 Å². The molecule has 0 unspecified atom stereocenters. The van der Waals surface area contributed by atoms with Crippen molar-refractivity contribution in [3.05, 3.63) is 116 Å². The van der Waals surface area contributed by atoms with Crippen LogP contribution in [0, 0.1) is 0 Å². The second kappa shape index (κ2) is 12.6. The van der Waals surface area contributed by atoms with Gasteiger partial charge in [-0.2, -0.15) is 4.57 Å². The summed E-state index contributed by atoms with van der Waals surface area (Å²) in [5.74, 6) is 0. The predicted octanol–water partition coefficient (Wildman–Crippen LogP) is -1.85. The van der Waals surface area contributed by atoms with Crippen molar-refractivity contribution in [2.24, 2.45) is 7.05 Å². The fraction of sp³-hybridized carbons (Fsp3) is 0.0435. The lowest BCUT2D eigenvalue weighted by atomic mass is 10.1. The molecule has 0 atom stereocenters. The SMILES string of the molecule is C[n+]1ccc(-c2ccccc2)cc1.[I-].[I-].c1ccc(-[n+]2ccccc2)cc1. The van der Waals surface area contributed by atoms with Gasteiger partial charge in [-0.05, 0) is 11.1 Å². The molecule has 4 heteroatoms. The number of rotatable bonds is 2. The molecule has 0 radical (unpaired) electrons. The summed E-state index contributed by atoms with van der Waals surface area (Å²) >= 11 is 0. The van der Waals surface area contributed by atoms with E-state index in [0.717, 1.165) is 0 Å². The van der Waals surface area contributed by atoms with E-state index in [2.05, 4.69) is 65.5 Å². The Kier molecular flexibility index (Phi) is 10.8. The number of halogens is 2. The number of benzene rings is 2. The molecule has 0 aliphatic rings. The van der Waals surface area contributed by atoms with E-state index < -0.39 is 0 Å². The standard InChI is InChI=1S/C12H12N.C11H10N.2HI/c1-13-9-7-12(8-10-13)11-5-3-2-4-6-11;1-3-7-11(8-4-1)12-9-5-2-6-10-12;;/h2-10H,1H3;1-10H;2*1H/q2*+1;;/p-2. The summed E-state index contributed by atoms with van der Waals surface area (Å²) in [4.78, 5) is 0. The Morgan fingerprint density at radius 1 is 0.481 bits per heavy atom. The van der Waals surface area contributed by atoms with E-state index in [1.54, 1.807) is 0 Å². The Labute approximate surface area is 195 Å². The second-order valence-corrected chi connectivity index (χ2v) is 5.74. The van der Waals surface area contributed by atoms with E-state index in [-0.39, 0.29) is 48.0 Å². The molecule has 0 saturated heterocycles. The number of aromatic nitrogens is 2. The van der Waals surface area contributed by atoms with Gasteiger partial charge in [-0.1, -0.05) is 54.6 Å². The molecule has 138 valence electrons. The first-order valence-corrected chi connectivity index (χ1v) is 8.35. The van der Waals surface area contributed by atoms with Crippen molar-refractivity contribution < 1.29 is 57.1 Å². The minimum absolute atomic E-state index is 0. The average Bonchev–Trinajstić information content (AvgIpc) is 2.71. The summed E-state index contributed by atoms with van der Waals surface area (Å²) in [6, 6.07) is 30.9. The quantitative estimate of drug-likeness (QED) is 0.195. The van der Waals surface area contributed by atoms with Gasteiger partial charge in [-0.25, -0.2) is 4.57 Å². The van der Waals surface area contributed by atoms with Crippen molar-refractivity contribution in [2.75, 3.05) is 0 Å². The van der Waals surface area contributed by atoms with Crippen molar-refractivity contribution in [3.8, 4) is 16.8 Å². The minimum Gasteiger partial charge on any atom is -1.00 e. The molecule has 2 nitrogen and oxygen atoms in total. The lowest BCUT2D eigenvalue weighted by Crippen LogP contribution is -3.00. The normalized spacial score (nSPS) is 9.07. The molecule has 0 spiro atoms. The molecule has 2 aromatic heterocycles. The first-order valence-electron chi connectivity index (χ1n) is 8.35. The van der Waals surface area contributed by atoms with Crippen LogP contribution in [-0.2, 0) is 7.05 Å². The molecule has 27 heavy (non-hydrogen) atoms. The van der Waals surface area contributed by atoms with Gasteiger partial charge in [0.1, 0.15) is 7.05 Å². The van der Waals surface area contributed by atoms with Crippen LogP contribution < -0.4 is 57.1 Å². The number of hydrogen-bond donors (Lipinski definition) is 0. The van der Waals surface area contributed by atoms with Crippen molar-refractivity contribution in [2.45, 2.75) is 0 Å². The fourth-order valence-electron chi connectivity index (χ4n) is 2.49. The third-order valence-electron chi connectivity index (χ3n) is 3.86. The van der Waals surface area contributed by atoms with Crippen LogP contribution in [0.25, 0.3) is 16.8 Å². The van der Waals surface area contributed by atoms with Crippen molar-refractivity contribution in [3.63, 3.8) is 0 Å². The van der Waals surface area contributed by atoms with E-state index in [1.807, 2.05) is 66.5 Å². The Balaban J connectivity index is 0.000000252. The lowest BCUT2D eigenvalue weighted by Gasteiger charge is -1.98. The van der Waals surface area contributed by atoms with Crippen LogP contribution in [-0.4, -0.2) is 0 Å². The van der Waals surface area contributed by atoms with Crippen LogP contribution in [0.3, 0.4) is 0 Å². The largest absolute Gasteiger partial charge is 1.00 e. The van der Waals surface area contributed by atoms with Gasteiger partial charge in [0.2, 0.25) is 5.69 Å². The van der Waals surface area contributed by atoms with Crippen molar-refractivity contribution >= 4 is 0 Å². The zero-order chi connectivity index (χ0) is 17.3. The number of aryl methyl sites for hydroxylation is 1. The smallest absolute Gasteiger partial charge is 0.210 e. The number of hydrogen-bond acceptors (Lipinski definition) is 0.